The van der Waals surface area contributed by atoms with Gasteiger partial charge in [0.25, 0.3) is 0 Å². The summed E-state index contributed by atoms with van der Waals surface area (Å²) in [5.41, 5.74) is -0.0964. The fraction of sp³-hybridized carbons (Fsp3) is 0.636. The largest absolute Gasteiger partial charge is 0.466 e. The molecule has 2 aliphatic heterocycles. The average molecular weight is 398 g/mol. The van der Waals surface area contributed by atoms with Gasteiger partial charge in [-0.05, 0) is 61.5 Å². The second-order valence-corrected chi connectivity index (χ2v) is 10.6. The van der Waals surface area contributed by atoms with E-state index < -0.39 is 41.9 Å². The highest BCUT2D eigenvalue weighted by Crippen LogP contribution is 2.50. The molecule has 3 heterocycles. The lowest BCUT2D eigenvalue weighted by Crippen LogP contribution is -2.56. The number of hydrogen-bond donors (Lipinski definition) is 0. The maximum Gasteiger partial charge on any atom is 0.466 e. The van der Waals surface area contributed by atoms with E-state index >= 15 is 0 Å². The number of rotatable bonds is 3. The Labute approximate surface area is 174 Å². The summed E-state index contributed by atoms with van der Waals surface area (Å²) in [5, 5.41) is 0.266. The van der Waals surface area contributed by atoms with Gasteiger partial charge >= 0.3 is 14.2 Å². The minimum Gasteiger partial charge on any atom is -0.464 e. The second kappa shape index (κ2) is 6.13. The molecule has 0 atom stereocenters. The van der Waals surface area contributed by atoms with Crippen LogP contribution in [0.3, 0.4) is 0 Å². The molecule has 0 bridgehead atoms. The molecule has 1 aromatic carbocycles. The summed E-state index contributed by atoms with van der Waals surface area (Å²) in [6, 6.07) is 8.00. The zero-order chi connectivity index (χ0) is 21.5. The summed E-state index contributed by atoms with van der Waals surface area (Å²) in [6.45, 7) is 18.6. The minimum atomic E-state index is -0.747. The predicted octanol–water partition coefficient (Wildman–Crippen LogP) is 4.95. The van der Waals surface area contributed by atoms with Crippen LogP contribution in [0.15, 0.2) is 34.9 Å². The van der Waals surface area contributed by atoms with E-state index in [9.17, 15) is 0 Å². The molecule has 2 aromatic rings. The number of fused-ring (bicyclic) bond motifs is 1. The molecule has 0 spiro atoms. The summed E-state index contributed by atoms with van der Waals surface area (Å²) in [7, 11) is -1.13. The molecule has 5 nitrogen and oxygen atoms in total. The fourth-order valence-corrected chi connectivity index (χ4v) is 3.94. The standard InChI is InChI=1S/C22H32B2O5/c1-18(2)19(3,4)27-23(26-18)22(9,24-28-20(5,6)21(7,8)29-24)16-14-25-17-13-11-10-12-15(16)17/h10-14H,1-9H3. The molecule has 0 saturated carbocycles. The smallest absolute Gasteiger partial charge is 0.464 e. The number of furan rings is 1. The van der Waals surface area contributed by atoms with E-state index in [1.54, 1.807) is 6.26 Å². The van der Waals surface area contributed by atoms with Crippen LogP contribution < -0.4 is 0 Å². The minimum absolute atomic E-state index is 0.470. The van der Waals surface area contributed by atoms with Gasteiger partial charge in [0.15, 0.2) is 0 Å². The first-order valence-corrected chi connectivity index (χ1v) is 10.4. The van der Waals surface area contributed by atoms with Crippen molar-refractivity contribution in [1.82, 2.24) is 0 Å². The predicted molar refractivity (Wildman–Crippen MR) is 116 cm³/mol. The van der Waals surface area contributed by atoms with Gasteiger partial charge in [-0.25, -0.2) is 0 Å². The van der Waals surface area contributed by atoms with Crippen molar-refractivity contribution >= 4 is 25.2 Å². The highest BCUT2D eigenvalue weighted by Gasteiger charge is 2.68. The fourth-order valence-electron chi connectivity index (χ4n) is 3.94. The molecule has 0 N–H and O–H groups in total. The molecule has 156 valence electrons. The van der Waals surface area contributed by atoms with Crippen LogP contribution in [0, 0.1) is 0 Å². The molecular weight excluding hydrogens is 366 g/mol. The molecule has 2 aliphatic rings. The van der Waals surface area contributed by atoms with Crippen molar-refractivity contribution in [2.45, 2.75) is 89.9 Å². The first kappa shape index (κ1) is 21.0. The average Bonchev–Trinajstić information content (AvgIpc) is 3.18. The molecule has 2 saturated heterocycles. The Morgan fingerprint density at radius 3 is 1.55 bits per heavy atom. The molecular formula is C22H32B2O5. The Balaban J connectivity index is 1.87. The maximum atomic E-state index is 6.53. The summed E-state index contributed by atoms with van der Waals surface area (Å²) in [4.78, 5) is 0. The maximum absolute atomic E-state index is 6.53. The molecule has 2 fully saturated rings. The lowest BCUT2D eigenvalue weighted by molar-refractivity contribution is 0.00578. The quantitative estimate of drug-likeness (QED) is 0.685. The number of hydrogen-bond acceptors (Lipinski definition) is 5. The van der Waals surface area contributed by atoms with E-state index in [1.165, 1.54) is 0 Å². The molecule has 29 heavy (non-hydrogen) atoms. The topological polar surface area (TPSA) is 50.1 Å². The van der Waals surface area contributed by atoms with Gasteiger partial charge in [0, 0.05) is 10.9 Å². The van der Waals surface area contributed by atoms with Gasteiger partial charge in [0.2, 0.25) is 0 Å². The Morgan fingerprint density at radius 1 is 0.690 bits per heavy atom. The Morgan fingerprint density at radius 2 is 1.10 bits per heavy atom. The van der Waals surface area contributed by atoms with E-state index in [-0.39, 0.29) is 0 Å². The normalized spacial score (nSPS) is 25.1. The molecule has 0 aliphatic carbocycles. The molecule has 1 aromatic heterocycles. The van der Waals surface area contributed by atoms with Gasteiger partial charge in [-0.1, -0.05) is 25.1 Å². The van der Waals surface area contributed by atoms with E-state index in [1.807, 2.05) is 18.2 Å². The van der Waals surface area contributed by atoms with E-state index in [4.69, 9.17) is 23.0 Å². The van der Waals surface area contributed by atoms with E-state index in [0.29, 0.717) is 0 Å². The summed E-state index contributed by atoms with van der Waals surface area (Å²) in [5.74, 6) is 0. The van der Waals surface area contributed by atoms with Gasteiger partial charge in [-0.2, -0.15) is 0 Å². The monoisotopic (exact) mass is 398 g/mol. The van der Waals surface area contributed by atoms with Crippen LogP contribution >= 0.6 is 0 Å². The molecule has 0 radical (unpaired) electrons. The van der Waals surface area contributed by atoms with Gasteiger partial charge in [0.1, 0.15) is 5.58 Å². The summed E-state index contributed by atoms with van der Waals surface area (Å²) < 4.78 is 32.0. The molecule has 4 rings (SSSR count). The number of para-hydroxylation sites is 1. The SMILES string of the molecule is CC(B1OC(C)(C)C(C)(C)O1)(B1OC(C)(C)C(C)(C)O1)c1coc2ccccc12. The summed E-state index contributed by atoms with van der Waals surface area (Å²) in [6.07, 6.45) is 1.79. The Hall–Kier alpha value is -1.27. The van der Waals surface area contributed by atoms with Crippen LogP contribution in [0.1, 0.15) is 67.9 Å². The van der Waals surface area contributed by atoms with Crippen LogP contribution in [0.2, 0.25) is 0 Å². The van der Waals surface area contributed by atoms with E-state index in [0.717, 1.165) is 16.5 Å². The van der Waals surface area contributed by atoms with Gasteiger partial charge in [-0.15, -0.1) is 0 Å². The molecule has 7 heteroatoms. The number of benzene rings is 1. The van der Waals surface area contributed by atoms with Crippen molar-refractivity contribution in [3.05, 3.63) is 36.1 Å². The van der Waals surface area contributed by atoms with Crippen molar-refractivity contribution in [3.8, 4) is 0 Å². The van der Waals surface area contributed by atoms with Crippen LogP contribution in [-0.2, 0) is 23.8 Å². The van der Waals surface area contributed by atoms with Gasteiger partial charge in [0.05, 0.1) is 33.9 Å². The molecule has 0 amide bonds. The highest BCUT2D eigenvalue weighted by molar-refractivity contribution is 6.71. The third-order valence-corrected chi connectivity index (χ3v) is 7.55. The molecule has 0 unspecified atom stereocenters. The van der Waals surface area contributed by atoms with Crippen molar-refractivity contribution in [3.63, 3.8) is 0 Å². The lowest BCUT2D eigenvalue weighted by Gasteiger charge is -2.33. The zero-order valence-corrected chi connectivity index (χ0v) is 19.1. The van der Waals surface area contributed by atoms with Crippen LogP contribution in [0.4, 0.5) is 0 Å². The van der Waals surface area contributed by atoms with Crippen molar-refractivity contribution in [2.75, 3.05) is 0 Å². The Kier molecular flexibility index (Phi) is 4.43. The van der Waals surface area contributed by atoms with Crippen molar-refractivity contribution in [2.24, 2.45) is 0 Å². The van der Waals surface area contributed by atoms with Crippen LogP contribution in [0.5, 0.6) is 0 Å². The first-order valence-electron chi connectivity index (χ1n) is 10.4. The first-order chi connectivity index (χ1) is 13.2. The third-order valence-electron chi connectivity index (χ3n) is 7.55. The summed E-state index contributed by atoms with van der Waals surface area (Å²) >= 11 is 0. The Bertz CT molecular complexity index is 862. The van der Waals surface area contributed by atoms with Crippen molar-refractivity contribution in [1.29, 1.82) is 0 Å². The van der Waals surface area contributed by atoms with Crippen LogP contribution in [-0.4, -0.2) is 36.6 Å². The third kappa shape index (κ3) is 2.93. The van der Waals surface area contributed by atoms with Gasteiger partial charge in [-0.3, -0.25) is 0 Å². The van der Waals surface area contributed by atoms with Crippen molar-refractivity contribution < 1.29 is 23.0 Å². The van der Waals surface area contributed by atoms with E-state index in [2.05, 4.69) is 68.4 Å². The van der Waals surface area contributed by atoms with Crippen LogP contribution in [0.25, 0.3) is 11.0 Å². The van der Waals surface area contributed by atoms with Gasteiger partial charge < -0.3 is 23.0 Å². The zero-order valence-electron chi connectivity index (χ0n) is 19.1. The second-order valence-electron chi connectivity index (χ2n) is 10.6. The lowest BCUT2D eigenvalue weighted by atomic mass is 9.37. The highest BCUT2D eigenvalue weighted by atomic mass is 16.7.